The van der Waals surface area contributed by atoms with Crippen LogP contribution in [0, 0.1) is 0 Å². The van der Waals surface area contributed by atoms with Gasteiger partial charge in [0.25, 0.3) is 0 Å². The highest BCUT2D eigenvalue weighted by atomic mass is 79.9. The first-order valence-electron chi connectivity index (χ1n) is 5.84. The van der Waals surface area contributed by atoms with Gasteiger partial charge in [0.1, 0.15) is 0 Å². The van der Waals surface area contributed by atoms with Crippen molar-refractivity contribution in [2.24, 2.45) is 0 Å². The summed E-state index contributed by atoms with van der Waals surface area (Å²) in [5, 5.41) is 0. The lowest BCUT2D eigenvalue weighted by Gasteiger charge is -2.27. The summed E-state index contributed by atoms with van der Waals surface area (Å²) in [7, 11) is 0. The normalized spacial score (nSPS) is 11.9. The van der Waals surface area contributed by atoms with Crippen LogP contribution >= 0.6 is 27.5 Å². The Balaban J connectivity index is 3.34. The molecule has 16 heavy (non-hydrogen) atoms. The molecule has 0 aliphatic carbocycles. The zero-order valence-electron chi connectivity index (χ0n) is 10.5. The molecule has 0 spiro atoms. The molecule has 0 heterocycles. The highest BCUT2D eigenvalue weighted by Crippen LogP contribution is 2.34. The molecule has 0 aromatic heterocycles. The van der Waals surface area contributed by atoms with Crippen molar-refractivity contribution in [1.29, 1.82) is 0 Å². The predicted molar refractivity (Wildman–Crippen MR) is 76.4 cm³/mol. The van der Waals surface area contributed by atoms with Gasteiger partial charge < -0.3 is 0 Å². The van der Waals surface area contributed by atoms with Gasteiger partial charge in [-0.3, -0.25) is 0 Å². The molecular weight excluding hydrogens is 284 g/mol. The Morgan fingerprint density at radius 2 is 1.81 bits per heavy atom. The lowest BCUT2D eigenvalue weighted by Crippen LogP contribution is -2.18. The van der Waals surface area contributed by atoms with Crippen LogP contribution in [0.1, 0.15) is 50.8 Å². The van der Waals surface area contributed by atoms with Crippen molar-refractivity contribution >= 4 is 27.5 Å². The van der Waals surface area contributed by atoms with E-state index in [1.165, 1.54) is 21.2 Å². The van der Waals surface area contributed by atoms with E-state index in [1.54, 1.807) is 0 Å². The molecule has 0 N–H and O–H groups in total. The Labute approximate surface area is 113 Å². The molecule has 0 nitrogen and oxygen atoms in total. The first kappa shape index (κ1) is 14.1. The lowest BCUT2D eigenvalue weighted by atomic mass is 9.79. The van der Waals surface area contributed by atoms with Crippen LogP contribution in [0.4, 0.5) is 0 Å². The Kier molecular flexibility index (Phi) is 4.88. The summed E-state index contributed by atoms with van der Waals surface area (Å²) in [5.41, 5.74) is 4.17. The van der Waals surface area contributed by atoms with Gasteiger partial charge in [0.05, 0.1) is 0 Å². The average Bonchev–Trinajstić information content (AvgIpc) is 2.28. The van der Waals surface area contributed by atoms with Crippen molar-refractivity contribution in [3.63, 3.8) is 0 Å². The van der Waals surface area contributed by atoms with E-state index in [0.717, 1.165) is 12.8 Å². The molecular formula is C14H20BrCl. The summed E-state index contributed by atoms with van der Waals surface area (Å²) in [4.78, 5) is 0. The standard InChI is InChI=1S/C14H20BrCl/c1-5-10-7-11(9-16)12(8-13(10)15)14(3,4)6-2/h7-8H,5-6,9H2,1-4H3. The molecule has 0 fully saturated rings. The van der Waals surface area contributed by atoms with Crippen LogP contribution in [0.3, 0.4) is 0 Å². The average molecular weight is 304 g/mol. The smallest absolute Gasteiger partial charge is 0.0477 e. The first-order chi connectivity index (χ1) is 7.46. The Morgan fingerprint density at radius 3 is 2.25 bits per heavy atom. The summed E-state index contributed by atoms with van der Waals surface area (Å²) >= 11 is 9.71. The van der Waals surface area contributed by atoms with Crippen LogP contribution < -0.4 is 0 Å². The second-order valence-corrected chi connectivity index (χ2v) is 5.95. The minimum absolute atomic E-state index is 0.193. The number of benzene rings is 1. The summed E-state index contributed by atoms with van der Waals surface area (Å²) in [6.07, 6.45) is 2.16. The molecule has 1 rings (SSSR count). The van der Waals surface area contributed by atoms with Gasteiger partial charge in [-0.2, -0.15) is 0 Å². The second-order valence-electron chi connectivity index (χ2n) is 4.83. The van der Waals surface area contributed by atoms with Crippen LogP contribution in [0.25, 0.3) is 0 Å². The predicted octanol–water partition coefficient (Wildman–Crippen LogP) is 5.44. The number of rotatable bonds is 4. The lowest BCUT2D eigenvalue weighted by molar-refractivity contribution is 0.502. The molecule has 1 aromatic carbocycles. The molecule has 0 amide bonds. The van der Waals surface area contributed by atoms with Crippen LogP contribution in [0.5, 0.6) is 0 Å². The van der Waals surface area contributed by atoms with E-state index in [0.29, 0.717) is 5.88 Å². The van der Waals surface area contributed by atoms with Crippen LogP contribution in [0.2, 0.25) is 0 Å². The fourth-order valence-electron chi connectivity index (χ4n) is 1.87. The highest BCUT2D eigenvalue weighted by molar-refractivity contribution is 9.10. The molecule has 1 aromatic rings. The van der Waals surface area contributed by atoms with Crippen molar-refractivity contribution in [2.75, 3.05) is 0 Å². The fourth-order valence-corrected chi connectivity index (χ4v) is 2.72. The molecule has 90 valence electrons. The van der Waals surface area contributed by atoms with E-state index >= 15 is 0 Å². The summed E-state index contributed by atoms with van der Waals surface area (Å²) in [6.45, 7) is 8.94. The number of aryl methyl sites for hydroxylation is 1. The highest BCUT2D eigenvalue weighted by Gasteiger charge is 2.22. The molecule has 0 aliphatic rings. The van der Waals surface area contributed by atoms with Gasteiger partial charge >= 0.3 is 0 Å². The van der Waals surface area contributed by atoms with E-state index in [-0.39, 0.29) is 5.41 Å². The SMILES string of the molecule is CCc1cc(CCl)c(C(C)(C)CC)cc1Br. The zero-order chi connectivity index (χ0) is 12.3. The maximum atomic E-state index is 6.06. The second kappa shape index (κ2) is 5.55. The largest absolute Gasteiger partial charge is 0.122 e. The van der Waals surface area contributed by atoms with Gasteiger partial charge in [-0.1, -0.05) is 49.7 Å². The van der Waals surface area contributed by atoms with E-state index in [9.17, 15) is 0 Å². The maximum Gasteiger partial charge on any atom is 0.0477 e. The topological polar surface area (TPSA) is 0 Å². The summed E-state index contributed by atoms with van der Waals surface area (Å²) in [6, 6.07) is 4.49. The van der Waals surface area contributed by atoms with Gasteiger partial charge in [-0.25, -0.2) is 0 Å². The molecule has 0 aliphatic heterocycles. The van der Waals surface area contributed by atoms with Crippen LogP contribution in [-0.2, 0) is 17.7 Å². The zero-order valence-corrected chi connectivity index (χ0v) is 12.9. The summed E-state index contributed by atoms with van der Waals surface area (Å²) in [5.74, 6) is 0.596. The molecule has 0 radical (unpaired) electrons. The van der Waals surface area contributed by atoms with Crippen LogP contribution in [-0.4, -0.2) is 0 Å². The first-order valence-corrected chi connectivity index (χ1v) is 7.16. The maximum absolute atomic E-state index is 6.06. The minimum Gasteiger partial charge on any atom is -0.122 e. The number of hydrogen-bond donors (Lipinski definition) is 0. The number of alkyl halides is 1. The van der Waals surface area contributed by atoms with Gasteiger partial charge in [0, 0.05) is 10.4 Å². The third-order valence-electron chi connectivity index (χ3n) is 3.41. The molecule has 2 heteroatoms. The molecule has 0 saturated carbocycles. The van der Waals surface area contributed by atoms with Crippen molar-refractivity contribution in [1.82, 2.24) is 0 Å². The molecule has 0 unspecified atom stereocenters. The van der Waals surface area contributed by atoms with Crippen LogP contribution in [0.15, 0.2) is 16.6 Å². The summed E-state index contributed by atoms with van der Waals surface area (Å²) < 4.78 is 1.21. The van der Waals surface area contributed by atoms with Gasteiger partial charge in [0.15, 0.2) is 0 Å². The third kappa shape index (κ3) is 2.81. The van der Waals surface area contributed by atoms with E-state index in [1.807, 2.05) is 0 Å². The third-order valence-corrected chi connectivity index (χ3v) is 4.44. The molecule has 0 saturated heterocycles. The Bertz CT molecular complexity index is 369. The van der Waals surface area contributed by atoms with Crippen molar-refractivity contribution in [2.45, 2.75) is 51.8 Å². The van der Waals surface area contributed by atoms with E-state index < -0.39 is 0 Å². The Hall–Kier alpha value is -0.0100. The van der Waals surface area contributed by atoms with Crippen molar-refractivity contribution in [3.05, 3.63) is 33.3 Å². The minimum atomic E-state index is 0.193. The monoisotopic (exact) mass is 302 g/mol. The fraction of sp³-hybridized carbons (Fsp3) is 0.571. The molecule has 0 atom stereocenters. The number of halogens is 2. The van der Waals surface area contributed by atoms with E-state index in [2.05, 4.69) is 55.8 Å². The van der Waals surface area contributed by atoms with Gasteiger partial charge in [0.2, 0.25) is 0 Å². The quantitative estimate of drug-likeness (QED) is 0.650. The Morgan fingerprint density at radius 1 is 1.19 bits per heavy atom. The number of hydrogen-bond acceptors (Lipinski definition) is 0. The molecule has 0 bridgehead atoms. The van der Waals surface area contributed by atoms with Gasteiger partial charge in [-0.05, 0) is 41.0 Å². The van der Waals surface area contributed by atoms with Gasteiger partial charge in [-0.15, -0.1) is 11.6 Å². The van der Waals surface area contributed by atoms with Crippen molar-refractivity contribution < 1.29 is 0 Å². The van der Waals surface area contributed by atoms with E-state index in [4.69, 9.17) is 11.6 Å². The van der Waals surface area contributed by atoms with Crippen molar-refractivity contribution in [3.8, 4) is 0 Å².